The van der Waals surface area contributed by atoms with E-state index in [2.05, 4.69) is 27.3 Å². The second-order valence-electron chi connectivity index (χ2n) is 7.86. The van der Waals surface area contributed by atoms with E-state index < -0.39 is 4.92 Å². The number of nitrogens with zero attached hydrogens (tertiary/aromatic N) is 5. The van der Waals surface area contributed by atoms with E-state index in [0.717, 1.165) is 17.8 Å². The van der Waals surface area contributed by atoms with Crippen LogP contribution in [-0.4, -0.2) is 50.3 Å². The van der Waals surface area contributed by atoms with E-state index >= 15 is 0 Å². The van der Waals surface area contributed by atoms with Crippen LogP contribution in [0.3, 0.4) is 0 Å². The van der Waals surface area contributed by atoms with Gasteiger partial charge in [-0.2, -0.15) is 0 Å². The maximum Gasteiger partial charge on any atom is 0.293 e. The van der Waals surface area contributed by atoms with Crippen LogP contribution in [0.1, 0.15) is 36.3 Å². The number of hydrogen-bond donors (Lipinski definition) is 1. The Morgan fingerprint density at radius 3 is 2.55 bits per heavy atom. The Morgan fingerprint density at radius 1 is 1.18 bits per heavy atom. The summed E-state index contributed by atoms with van der Waals surface area (Å²) >= 11 is 1.26. The van der Waals surface area contributed by atoms with Crippen LogP contribution in [0.5, 0.6) is 0 Å². The second-order valence-corrected chi connectivity index (χ2v) is 8.81. The lowest BCUT2D eigenvalue weighted by atomic mass is 10.1. The molecule has 0 aliphatic carbocycles. The number of aryl methyl sites for hydroxylation is 1. The molecule has 0 spiro atoms. The normalized spacial score (nSPS) is 12.0. The summed E-state index contributed by atoms with van der Waals surface area (Å²) in [6.45, 7) is 4.41. The fraction of sp³-hybridized carbons (Fsp3) is 0.348. The third kappa shape index (κ3) is 5.96. The number of nitro benzene ring substituents is 1. The van der Waals surface area contributed by atoms with Gasteiger partial charge in [-0.15, -0.1) is 10.2 Å². The number of aromatic nitrogens is 3. The SMILES string of the molecule is CCC(c1nnc(SCC(=O)Nc2c(C)cccc2[N+](=O)[O-])n1Cc1ccccc1)N(C)C. The molecule has 1 aromatic heterocycles. The quantitative estimate of drug-likeness (QED) is 0.269. The molecule has 0 radical (unpaired) electrons. The maximum atomic E-state index is 12.7. The van der Waals surface area contributed by atoms with Crippen molar-refractivity contribution < 1.29 is 9.72 Å². The molecule has 9 nitrogen and oxygen atoms in total. The lowest BCUT2D eigenvalue weighted by Gasteiger charge is -2.23. The fourth-order valence-electron chi connectivity index (χ4n) is 3.62. The topological polar surface area (TPSA) is 106 Å². The van der Waals surface area contributed by atoms with Crippen molar-refractivity contribution in [2.75, 3.05) is 25.2 Å². The average molecular weight is 469 g/mol. The predicted molar refractivity (Wildman–Crippen MR) is 129 cm³/mol. The third-order valence-electron chi connectivity index (χ3n) is 5.28. The summed E-state index contributed by atoms with van der Waals surface area (Å²) in [5.74, 6) is 0.550. The van der Waals surface area contributed by atoms with Crippen LogP contribution in [0.15, 0.2) is 53.7 Å². The van der Waals surface area contributed by atoms with Gasteiger partial charge in [0.25, 0.3) is 5.69 Å². The molecule has 1 atom stereocenters. The van der Waals surface area contributed by atoms with E-state index in [0.29, 0.717) is 17.3 Å². The molecule has 0 aliphatic heterocycles. The number of hydrogen-bond acceptors (Lipinski definition) is 7. The van der Waals surface area contributed by atoms with Crippen molar-refractivity contribution in [3.05, 3.63) is 75.6 Å². The Morgan fingerprint density at radius 2 is 1.91 bits per heavy atom. The summed E-state index contributed by atoms with van der Waals surface area (Å²) in [5.41, 5.74) is 1.83. The number of rotatable bonds is 10. The zero-order chi connectivity index (χ0) is 24.0. The molecule has 3 rings (SSSR count). The molecule has 10 heteroatoms. The average Bonchev–Trinajstić information content (AvgIpc) is 3.16. The van der Waals surface area contributed by atoms with Gasteiger partial charge in [0, 0.05) is 6.07 Å². The molecule has 33 heavy (non-hydrogen) atoms. The van der Waals surface area contributed by atoms with Crippen molar-refractivity contribution in [2.24, 2.45) is 0 Å². The molecule has 1 N–H and O–H groups in total. The highest BCUT2D eigenvalue weighted by atomic mass is 32.2. The number of nitrogens with one attached hydrogen (secondary N) is 1. The van der Waals surface area contributed by atoms with Crippen LogP contribution in [-0.2, 0) is 11.3 Å². The van der Waals surface area contributed by atoms with Gasteiger partial charge in [-0.05, 0) is 38.6 Å². The highest BCUT2D eigenvalue weighted by molar-refractivity contribution is 7.99. The van der Waals surface area contributed by atoms with Crippen LogP contribution in [0, 0.1) is 17.0 Å². The van der Waals surface area contributed by atoms with Gasteiger partial charge >= 0.3 is 0 Å². The first kappa shape index (κ1) is 24.4. The van der Waals surface area contributed by atoms with Crippen molar-refractivity contribution in [3.8, 4) is 0 Å². The first-order valence-electron chi connectivity index (χ1n) is 10.6. The minimum atomic E-state index is -0.495. The second kappa shape index (κ2) is 11.1. The van der Waals surface area contributed by atoms with Crippen molar-refractivity contribution in [1.82, 2.24) is 19.7 Å². The first-order chi connectivity index (χ1) is 15.8. The molecule has 174 valence electrons. The van der Waals surface area contributed by atoms with E-state index in [4.69, 9.17) is 0 Å². The van der Waals surface area contributed by atoms with E-state index in [1.165, 1.54) is 17.8 Å². The van der Waals surface area contributed by atoms with Crippen LogP contribution in [0.25, 0.3) is 0 Å². The number of thioether (sulfide) groups is 1. The Hall–Kier alpha value is -3.24. The molecule has 0 saturated heterocycles. The number of amides is 1. The van der Waals surface area contributed by atoms with Gasteiger partial charge in [-0.25, -0.2) is 0 Å². The summed E-state index contributed by atoms with van der Waals surface area (Å²) in [7, 11) is 4.01. The standard InChI is InChI=1S/C23H28N6O3S/c1-5-18(27(3)4)22-25-26-23(28(22)14-17-11-7-6-8-12-17)33-15-20(30)24-21-16(2)10-9-13-19(21)29(31)32/h6-13,18H,5,14-15H2,1-4H3,(H,24,30). The summed E-state index contributed by atoms with van der Waals surface area (Å²) in [5, 5.41) is 23.5. The van der Waals surface area contributed by atoms with Crippen LogP contribution in [0.4, 0.5) is 11.4 Å². The summed E-state index contributed by atoms with van der Waals surface area (Å²) in [4.78, 5) is 25.6. The van der Waals surface area contributed by atoms with Crippen molar-refractivity contribution >= 4 is 29.0 Å². The monoisotopic (exact) mass is 468 g/mol. The van der Waals surface area contributed by atoms with E-state index in [-0.39, 0.29) is 29.1 Å². The number of carbonyl (C=O) groups is 1. The Labute approximate surface area is 197 Å². The molecule has 3 aromatic rings. The van der Waals surface area contributed by atoms with Gasteiger partial charge in [0.1, 0.15) is 5.69 Å². The lowest BCUT2D eigenvalue weighted by Crippen LogP contribution is -2.23. The van der Waals surface area contributed by atoms with E-state index in [1.54, 1.807) is 19.1 Å². The van der Waals surface area contributed by atoms with Gasteiger partial charge in [0.05, 0.1) is 23.3 Å². The van der Waals surface area contributed by atoms with E-state index in [9.17, 15) is 14.9 Å². The minimum absolute atomic E-state index is 0.0527. The molecule has 2 aromatic carbocycles. The highest BCUT2D eigenvalue weighted by Crippen LogP contribution is 2.29. The highest BCUT2D eigenvalue weighted by Gasteiger charge is 2.23. The number of para-hydroxylation sites is 1. The number of carbonyl (C=O) groups excluding carboxylic acids is 1. The molecule has 1 unspecified atom stereocenters. The smallest absolute Gasteiger partial charge is 0.293 e. The molecule has 1 amide bonds. The van der Waals surface area contributed by atoms with Crippen LogP contribution >= 0.6 is 11.8 Å². The fourth-order valence-corrected chi connectivity index (χ4v) is 4.36. The molecular formula is C23H28N6O3S. The summed E-state index contributed by atoms with van der Waals surface area (Å²) < 4.78 is 2.04. The van der Waals surface area contributed by atoms with Gasteiger partial charge in [0.15, 0.2) is 11.0 Å². The zero-order valence-electron chi connectivity index (χ0n) is 19.2. The molecule has 0 saturated carbocycles. The molecule has 0 aliphatic rings. The molecule has 0 fully saturated rings. The van der Waals surface area contributed by atoms with Crippen molar-refractivity contribution in [1.29, 1.82) is 0 Å². The number of benzene rings is 2. The van der Waals surface area contributed by atoms with Crippen molar-refractivity contribution in [3.63, 3.8) is 0 Å². The van der Waals surface area contributed by atoms with Crippen molar-refractivity contribution in [2.45, 2.75) is 38.0 Å². The minimum Gasteiger partial charge on any atom is -0.319 e. The first-order valence-corrected chi connectivity index (χ1v) is 11.6. The Bertz CT molecular complexity index is 1120. The Kier molecular flexibility index (Phi) is 8.18. The molecular weight excluding hydrogens is 440 g/mol. The van der Waals surface area contributed by atoms with Gasteiger partial charge in [-0.3, -0.25) is 19.8 Å². The lowest BCUT2D eigenvalue weighted by molar-refractivity contribution is -0.384. The predicted octanol–water partition coefficient (Wildman–Crippen LogP) is 4.29. The van der Waals surface area contributed by atoms with E-state index in [1.807, 2.05) is 49.0 Å². The van der Waals surface area contributed by atoms with Gasteiger partial charge in [-0.1, -0.05) is 61.2 Å². The number of nitro groups is 1. The van der Waals surface area contributed by atoms with Gasteiger partial charge < -0.3 is 9.88 Å². The molecule has 1 heterocycles. The van der Waals surface area contributed by atoms with Crippen LogP contribution in [0.2, 0.25) is 0 Å². The summed E-state index contributed by atoms with van der Waals surface area (Å²) in [6.07, 6.45) is 0.863. The largest absolute Gasteiger partial charge is 0.319 e. The van der Waals surface area contributed by atoms with Crippen LogP contribution < -0.4 is 5.32 Å². The third-order valence-corrected chi connectivity index (χ3v) is 6.25. The maximum absolute atomic E-state index is 12.7. The number of anilines is 1. The zero-order valence-corrected chi connectivity index (χ0v) is 20.0. The van der Waals surface area contributed by atoms with Gasteiger partial charge in [0.2, 0.25) is 5.91 Å². The molecule has 0 bridgehead atoms. The summed E-state index contributed by atoms with van der Waals surface area (Å²) in [6, 6.07) is 14.8. The Balaban J connectivity index is 1.81.